The summed E-state index contributed by atoms with van der Waals surface area (Å²) in [5.41, 5.74) is 0. The Morgan fingerprint density at radius 2 is 0.726 bits per heavy atom. The summed E-state index contributed by atoms with van der Waals surface area (Å²) in [5.74, 6) is -13.1. The number of Topliss-reactive ketones (excluding diaryl/α,β-unsaturated/α-hetero) is 9. The molecule has 0 unspecified atom stereocenters. The standard InChI is InChI=1S/C6H9F2NO2.C6H11F2NO.C5H9NO2.2C4H6O2.C3H9NOS.C3H9OP.2C3H6O.C3H9P.C2H6O2S.C2H6OS/c1-4(10)6(7,8)5(11)9(2)3;1-5(10)6(7,8)4-9(2)3;1-4(7)5(8)6(2)3;2*1-3(5)4(2)6;1-4-6(2,3)5;1-5(2,3)4;2*1-3(2)4;1-4(2)3;1-5(2,3)4;1-4(2)3/h1-3H3;4H2,1-3H3;1-3H3;2*1-2H3;1-3H3;1-3H3;2*1-2H3;1-3H3;1-2H3;1-2H3. The quantitative estimate of drug-likeness (QED) is 0.136. The van der Waals surface area contributed by atoms with Crippen molar-refractivity contribution in [2.45, 2.75) is 88.0 Å². The number of carbonyl (C=O) groups excluding carboxylic acids is 11. The van der Waals surface area contributed by atoms with Crippen molar-refractivity contribution >= 4 is 109 Å². The maximum absolute atomic E-state index is 12.4. The van der Waals surface area contributed by atoms with Gasteiger partial charge in [0.05, 0.1) is 13.7 Å². The monoisotopic (exact) mass is 1170 g/mol. The Hall–Kier alpha value is -3.64. The van der Waals surface area contributed by atoms with Gasteiger partial charge in [0, 0.05) is 142 Å². The molecule has 0 radical (unpaired) electrons. The van der Waals surface area contributed by atoms with Gasteiger partial charge >= 0.3 is 17.8 Å². The minimum Gasteiger partial charge on any atom is -0.343 e. The van der Waals surface area contributed by atoms with Gasteiger partial charge in [-0.25, -0.2) is 12.8 Å². The number of amides is 2. The molecule has 20 nitrogen and oxygen atoms in total. The van der Waals surface area contributed by atoms with Crippen LogP contribution in [0.1, 0.15) is 76.2 Å². The summed E-state index contributed by atoms with van der Waals surface area (Å²) in [7, 11) is 3.65. The summed E-state index contributed by atoms with van der Waals surface area (Å²) in [6.45, 7) is 25.4. The molecular formula is C44H92F4N4O16P2S3. The van der Waals surface area contributed by atoms with Crippen molar-refractivity contribution < 1.29 is 91.7 Å². The molecule has 0 aliphatic rings. The number of sulfone groups is 1. The lowest BCUT2D eigenvalue weighted by atomic mass is 10.2. The van der Waals surface area contributed by atoms with Crippen LogP contribution in [-0.4, -0.2) is 241 Å². The molecule has 73 heavy (non-hydrogen) atoms. The lowest BCUT2D eigenvalue weighted by Crippen LogP contribution is -2.44. The fourth-order valence-electron chi connectivity index (χ4n) is 1.25. The number of rotatable bonds is 8. The van der Waals surface area contributed by atoms with Crippen LogP contribution < -0.4 is 0 Å². The van der Waals surface area contributed by atoms with E-state index in [4.69, 9.17) is 0 Å². The van der Waals surface area contributed by atoms with E-state index in [0.717, 1.165) is 19.4 Å². The highest BCUT2D eigenvalue weighted by atomic mass is 32.2. The Morgan fingerprint density at radius 1 is 0.548 bits per heavy atom. The van der Waals surface area contributed by atoms with E-state index < -0.39 is 85.1 Å². The Balaban J connectivity index is -0.0000000566. The molecule has 0 aliphatic heterocycles. The number of halogens is 4. The van der Waals surface area contributed by atoms with Crippen LogP contribution in [0.15, 0.2) is 4.36 Å². The Bertz CT molecular complexity index is 1870. The van der Waals surface area contributed by atoms with Crippen LogP contribution in [-0.2, 0) is 87.7 Å². The third-order valence-electron chi connectivity index (χ3n) is 4.29. The van der Waals surface area contributed by atoms with Crippen molar-refractivity contribution in [3.63, 3.8) is 0 Å². The molecule has 0 bridgehead atoms. The van der Waals surface area contributed by atoms with Crippen LogP contribution in [0.2, 0.25) is 0 Å². The third kappa shape index (κ3) is 168. The first-order valence-electron chi connectivity index (χ1n) is 20.4. The van der Waals surface area contributed by atoms with Gasteiger partial charge in [-0.1, -0.05) is 0 Å². The van der Waals surface area contributed by atoms with Gasteiger partial charge in [-0.2, -0.15) is 17.6 Å². The fraction of sp³-hybridized carbons (Fsp3) is 0.750. The van der Waals surface area contributed by atoms with E-state index in [0.29, 0.717) is 19.7 Å². The van der Waals surface area contributed by atoms with Gasteiger partial charge in [-0.15, -0.1) is 7.92 Å². The van der Waals surface area contributed by atoms with Crippen LogP contribution in [0.5, 0.6) is 0 Å². The number of ketones is 9. The normalized spacial score (nSPS) is 9.71. The smallest absolute Gasteiger partial charge is 0.343 e. The number of alkyl halides is 4. The highest BCUT2D eigenvalue weighted by molar-refractivity contribution is 7.92. The van der Waals surface area contributed by atoms with Crippen molar-refractivity contribution in [3.05, 3.63) is 0 Å². The molecular weight excluding hydrogens is 1070 g/mol. The zero-order valence-electron chi connectivity index (χ0n) is 49.2. The number of carbonyl (C=O) groups is 11. The molecule has 0 aromatic carbocycles. The van der Waals surface area contributed by atoms with Crippen molar-refractivity contribution in [2.75, 3.05) is 133 Å². The predicted molar refractivity (Wildman–Crippen MR) is 292 cm³/mol. The van der Waals surface area contributed by atoms with E-state index in [1.54, 1.807) is 66.2 Å². The first-order valence-corrected chi connectivity index (χ1v) is 32.7. The van der Waals surface area contributed by atoms with Gasteiger partial charge in [0.2, 0.25) is 11.6 Å². The molecule has 29 heteroatoms. The van der Waals surface area contributed by atoms with E-state index in [1.807, 2.05) is 0 Å². The third-order valence-corrected chi connectivity index (χ3v) is 5.16. The summed E-state index contributed by atoms with van der Waals surface area (Å²) in [6, 6.07) is 0. The SMILES string of the molecule is CC(=O)C(=O)N(C)C.CC(=O)C(C)=O.CC(=O)C(C)=O.CC(=O)C(F)(F)C(=O)N(C)C.CC(=O)C(F)(F)CN(C)C.CC(C)=O.CC(C)=O.CN=S(C)(C)=O.CP(C)(C)=O.CP(C)C.CS(C)(=O)=O.CS(C)=O. The zero-order valence-corrected chi connectivity index (χ0v) is 53.4. The molecule has 0 saturated carbocycles. The second kappa shape index (κ2) is 53.2. The largest absolute Gasteiger partial charge is 0.381 e. The van der Waals surface area contributed by atoms with Crippen LogP contribution in [0.4, 0.5) is 17.6 Å². The van der Waals surface area contributed by atoms with Crippen LogP contribution in [0, 0.1) is 0 Å². The molecule has 0 N–H and O–H groups in total. The first kappa shape index (κ1) is 98.5. The minimum atomic E-state index is -3.87. The highest BCUT2D eigenvalue weighted by Crippen LogP contribution is 2.28. The molecule has 0 aromatic heterocycles. The van der Waals surface area contributed by atoms with Gasteiger partial charge in [0.15, 0.2) is 28.9 Å². The number of likely N-dealkylation sites (N-methyl/N-ethyl adjacent to an activating group) is 1. The molecule has 440 valence electrons. The summed E-state index contributed by atoms with van der Waals surface area (Å²) >= 11 is 0. The van der Waals surface area contributed by atoms with Crippen LogP contribution >= 0.6 is 15.1 Å². The average Bonchev–Trinajstić information content (AvgIpc) is 3.08. The van der Waals surface area contributed by atoms with Crippen LogP contribution in [0.3, 0.4) is 0 Å². The second-order valence-corrected chi connectivity index (χ2v) is 30.1. The summed E-state index contributed by atoms with van der Waals surface area (Å²) in [4.78, 5) is 113. The molecule has 0 fully saturated rings. The Kier molecular flexibility index (Phi) is 71.8. The van der Waals surface area contributed by atoms with E-state index in [-0.39, 0.29) is 34.7 Å². The summed E-state index contributed by atoms with van der Waals surface area (Å²) in [5, 5.41) is 0. The molecule has 0 saturated heterocycles. The van der Waals surface area contributed by atoms with Crippen molar-refractivity contribution in [3.8, 4) is 0 Å². The number of hydrogen-bond acceptors (Lipinski definition) is 18. The van der Waals surface area contributed by atoms with E-state index >= 15 is 0 Å². The Morgan fingerprint density at radius 3 is 0.753 bits per heavy atom. The molecule has 0 rings (SSSR count). The van der Waals surface area contributed by atoms with Crippen molar-refractivity contribution in [1.82, 2.24) is 14.7 Å². The zero-order chi connectivity index (χ0) is 63.2. The van der Waals surface area contributed by atoms with Gasteiger partial charge in [0.25, 0.3) is 5.91 Å². The predicted octanol–water partition coefficient (Wildman–Crippen LogP) is 4.85. The van der Waals surface area contributed by atoms with E-state index in [9.17, 15) is 91.7 Å². The molecule has 0 atom stereocenters. The van der Waals surface area contributed by atoms with Crippen molar-refractivity contribution in [1.29, 1.82) is 0 Å². The molecule has 0 heterocycles. The average molecular weight is 1170 g/mol. The summed E-state index contributed by atoms with van der Waals surface area (Å²) < 4.78 is 103. The summed E-state index contributed by atoms with van der Waals surface area (Å²) in [6.07, 6.45) is 8.81. The Labute approximate surface area is 439 Å². The molecule has 0 aromatic rings. The fourth-order valence-corrected chi connectivity index (χ4v) is 1.25. The molecule has 0 spiro atoms. The number of nitrogens with zero attached hydrogens (tertiary/aromatic N) is 4. The maximum atomic E-state index is 12.4. The second-order valence-electron chi connectivity index (χ2n) is 17.1. The lowest BCUT2D eigenvalue weighted by Gasteiger charge is -2.17. The first-order chi connectivity index (χ1) is 31.5. The van der Waals surface area contributed by atoms with Gasteiger partial charge in [0.1, 0.15) is 21.4 Å². The van der Waals surface area contributed by atoms with Gasteiger partial charge in [-0.3, -0.25) is 51.6 Å². The topological polar surface area (TPSA) is 295 Å². The van der Waals surface area contributed by atoms with E-state index in [2.05, 4.69) is 24.4 Å². The van der Waals surface area contributed by atoms with Gasteiger partial charge < -0.3 is 28.9 Å². The molecule has 0 aliphatic carbocycles. The molecule has 2 amide bonds. The van der Waals surface area contributed by atoms with Gasteiger partial charge in [-0.05, 0) is 81.8 Å². The maximum Gasteiger partial charge on any atom is 0.381 e. The van der Waals surface area contributed by atoms with E-state index in [1.165, 1.54) is 100 Å². The highest BCUT2D eigenvalue weighted by Gasteiger charge is 2.45. The number of hydrogen-bond donors (Lipinski definition) is 0. The van der Waals surface area contributed by atoms with Crippen LogP contribution in [0.25, 0.3) is 0 Å². The minimum absolute atomic E-state index is 0.167. The van der Waals surface area contributed by atoms with Crippen molar-refractivity contribution in [2.24, 2.45) is 4.36 Å². The lowest BCUT2D eigenvalue weighted by molar-refractivity contribution is -0.163.